The molecule has 106 valence electrons. The molecule has 0 amide bonds. The highest BCUT2D eigenvalue weighted by Gasteiger charge is 2.15. The highest BCUT2D eigenvalue weighted by Crippen LogP contribution is 2.26. The minimum atomic E-state index is -0.577. The van der Waals surface area contributed by atoms with Crippen molar-refractivity contribution in [3.05, 3.63) is 53.1 Å². The zero-order chi connectivity index (χ0) is 15.0. The average molecular weight is 308 g/mol. The molecule has 0 atom stereocenters. The highest BCUT2D eigenvalue weighted by molar-refractivity contribution is 6.32. The molecule has 3 rings (SSSR count). The van der Waals surface area contributed by atoms with Crippen molar-refractivity contribution in [3.8, 4) is 17.1 Å². The smallest absolute Gasteiger partial charge is 0.187 e. The number of halogens is 3. The van der Waals surface area contributed by atoms with E-state index in [0.29, 0.717) is 11.3 Å². The molecule has 3 aromatic rings. The lowest BCUT2D eigenvalue weighted by Gasteiger charge is -2.07. The first-order chi connectivity index (χ1) is 10.1. The van der Waals surface area contributed by atoms with Gasteiger partial charge in [0.05, 0.1) is 16.4 Å². The second kappa shape index (κ2) is 5.10. The van der Waals surface area contributed by atoms with Crippen molar-refractivity contribution in [1.82, 2.24) is 20.2 Å². The van der Waals surface area contributed by atoms with Crippen LogP contribution >= 0.6 is 11.6 Å². The van der Waals surface area contributed by atoms with Crippen molar-refractivity contribution in [2.75, 3.05) is 5.73 Å². The van der Waals surface area contributed by atoms with Crippen LogP contribution in [-0.4, -0.2) is 20.2 Å². The molecule has 0 unspecified atom stereocenters. The van der Waals surface area contributed by atoms with E-state index in [1.54, 1.807) is 6.07 Å². The predicted molar refractivity (Wildman–Crippen MR) is 73.9 cm³/mol. The second-order valence-corrected chi connectivity index (χ2v) is 4.65. The molecule has 0 aliphatic heterocycles. The van der Waals surface area contributed by atoms with E-state index in [0.717, 1.165) is 6.07 Å². The summed E-state index contributed by atoms with van der Waals surface area (Å²) in [5, 5.41) is 11.3. The van der Waals surface area contributed by atoms with Crippen LogP contribution in [0.2, 0.25) is 5.02 Å². The van der Waals surface area contributed by atoms with Gasteiger partial charge in [-0.05, 0) is 46.8 Å². The van der Waals surface area contributed by atoms with Crippen LogP contribution in [0.3, 0.4) is 0 Å². The van der Waals surface area contributed by atoms with Crippen molar-refractivity contribution in [2.24, 2.45) is 0 Å². The molecule has 8 heteroatoms. The second-order valence-electron chi connectivity index (χ2n) is 4.25. The van der Waals surface area contributed by atoms with Gasteiger partial charge in [0, 0.05) is 5.56 Å². The Hall–Kier alpha value is -2.54. The predicted octanol–water partition coefficient (Wildman–Crippen LogP) is 2.84. The van der Waals surface area contributed by atoms with Crippen molar-refractivity contribution < 1.29 is 8.78 Å². The monoisotopic (exact) mass is 307 g/mol. The molecule has 21 heavy (non-hydrogen) atoms. The Morgan fingerprint density at radius 1 is 1.10 bits per heavy atom. The molecular weight excluding hydrogens is 300 g/mol. The number of hydrogen-bond acceptors (Lipinski definition) is 4. The van der Waals surface area contributed by atoms with Gasteiger partial charge in [-0.3, -0.25) is 0 Å². The quantitative estimate of drug-likeness (QED) is 0.739. The van der Waals surface area contributed by atoms with Gasteiger partial charge in [-0.15, -0.1) is 5.10 Å². The summed E-state index contributed by atoms with van der Waals surface area (Å²) in [5.74, 6) is -0.786. The third kappa shape index (κ3) is 2.43. The lowest BCUT2D eigenvalue weighted by molar-refractivity contribution is 0.627. The fourth-order valence-corrected chi connectivity index (χ4v) is 2.10. The van der Waals surface area contributed by atoms with Crippen LogP contribution in [0.1, 0.15) is 0 Å². The van der Waals surface area contributed by atoms with Crippen LogP contribution < -0.4 is 5.73 Å². The van der Waals surface area contributed by atoms with E-state index < -0.39 is 11.6 Å². The van der Waals surface area contributed by atoms with Gasteiger partial charge in [0.1, 0.15) is 11.6 Å². The zero-order valence-corrected chi connectivity index (χ0v) is 11.2. The third-order valence-corrected chi connectivity index (χ3v) is 3.17. The Balaban J connectivity index is 2.14. The first-order valence-corrected chi connectivity index (χ1v) is 6.23. The molecule has 0 saturated carbocycles. The highest BCUT2D eigenvalue weighted by atomic mass is 35.5. The topological polar surface area (TPSA) is 69.6 Å². The third-order valence-electron chi connectivity index (χ3n) is 2.87. The molecule has 0 fully saturated rings. The van der Waals surface area contributed by atoms with Gasteiger partial charge in [-0.2, -0.15) is 4.68 Å². The first-order valence-electron chi connectivity index (χ1n) is 5.85. The van der Waals surface area contributed by atoms with E-state index in [1.165, 1.54) is 28.9 Å². The summed E-state index contributed by atoms with van der Waals surface area (Å²) in [6, 6.07) is 8.02. The normalized spacial score (nSPS) is 10.8. The number of nitrogen functional groups attached to an aromatic ring is 1. The van der Waals surface area contributed by atoms with Crippen molar-refractivity contribution >= 4 is 17.3 Å². The summed E-state index contributed by atoms with van der Waals surface area (Å²) < 4.78 is 28.0. The van der Waals surface area contributed by atoms with Crippen LogP contribution in [0.5, 0.6) is 0 Å². The minimum absolute atomic E-state index is 0.0255. The van der Waals surface area contributed by atoms with Crippen molar-refractivity contribution in [2.45, 2.75) is 0 Å². The minimum Gasteiger partial charge on any atom is -0.396 e. The number of nitrogens with zero attached hydrogens (tertiary/aromatic N) is 4. The van der Waals surface area contributed by atoms with Gasteiger partial charge in [0.2, 0.25) is 0 Å². The van der Waals surface area contributed by atoms with Crippen LogP contribution in [0.15, 0.2) is 36.4 Å². The first kappa shape index (κ1) is 13.4. The summed E-state index contributed by atoms with van der Waals surface area (Å²) in [6.07, 6.45) is 0. The van der Waals surface area contributed by atoms with E-state index >= 15 is 0 Å². The van der Waals surface area contributed by atoms with E-state index in [9.17, 15) is 8.78 Å². The fraction of sp³-hybridized carbons (Fsp3) is 0. The Kier molecular flexibility index (Phi) is 3.26. The Morgan fingerprint density at radius 3 is 2.62 bits per heavy atom. The van der Waals surface area contributed by atoms with Crippen LogP contribution in [0, 0.1) is 11.6 Å². The largest absolute Gasteiger partial charge is 0.396 e. The Morgan fingerprint density at radius 2 is 1.90 bits per heavy atom. The SMILES string of the molecule is Nc1ccc(-c2nnnn2-c2ccc(F)cc2Cl)cc1F. The average Bonchev–Trinajstić information content (AvgIpc) is 2.91. The van der Waals surface area contributed by atoms with Gasteiger partial charge in [-0.25, -0.2) is 8.78 Å². The van der Waals surface area contributed by atoms with E-state index in [2.05, 4.69) is 15.5 Å². The zero-order valence-electron chi connectivity index (χ0n) is 10.5. The van der Waals surface area contributed by atoms with Gasteiger partial charge in [-0.1, -0.05) is 11.6 Å². The summed E-state index contributed by atoms with van der Waals surface area (Å²) in [6.45, 7) is 0. The molecule has 2 aromatic carbocycles. The molecule has 0 spiro atoms. The lowest BCUT2D eigenvalue weighted by Crippen LogP contribution is -2.01. The maximum atomic E-state index is 13.6. The number of aromatic nitrogens is 4. The Bertz CT molecular complexity index is 818. The number of anilines is 1. The molecule has 0 aliphatic carbocycles. The number of rotatable bonds is 2. The molecule has 1 aromatic heterocycles. The van der Waals surface area contributed by atoms with Gasteiger partial charge < -0.3 is 5.73 Å². The summed E-state index contributed by atoms with van der Waals surface area (Å²) in [5.41, 5.74) is 6.27. The molecule has 0 bridgehead atoms. The van der Waals surface area contributed by atoms with Crippen LogP contribution in [0.25, 0.3) is 17.1 Å². The van der Waals surface area contributed by atoms with E-state index in [-0.39, 0.29) is 16.5 Å². The number of benzene rings is 2. The van der Waals surface area contributed by atoms with Crippen LogP contribution in [0.4, 0.5) is 14.5 Å². The van der Waals surface area contributed by atoms with Gasteiger partial charge in [0.25, 0.3) is 0 Å². The maximum Gasteiger partial charge on any atom is 0.187 e. The fourth-order valence-electron chi connectivity index (χ4n) is 1.85. The standard InChI is InChI=1S/C13H8ClF2N5/c14-9-6-8(15)2-4-12(9)21-13(18-19-20-21)7-1-3-11(17)10(16)5-7/h1-6H,17H2. The summed E-state index contributed by atoms with van der Waals surface area (Å²) >= 11 is 5.99. The van der Waals surface area contributed by atoms with Crippen LogP contribution in [-0.2, 0) is 0 Å². The lowest BCUT2D eigenvalue weighted by atomic mass is 10.2. The maximum absolute atomic E-state index is 13.6. The van der Waals surface area contributed by atoms with E-state index in [4.69, 9.17) is 17.3 Å². The number of nitrogens with two attached hydrogens (primary N) is 1. The van der Waals surface area contributed by atoms with Crippen molar-refractivity contribution in [3.63, 3.8) is 0 Å². The molecule has 1 heterocycles. The number of hydrogen-bond donors (Lipinski definition) is 1. The Labute approximate surface area is 123 Å². The van der Waals surface area contributed by atoms with E-state index in [1.807, 2.05) is 0 Å². The molecule has 5 nitrogen and oxygen atoms in total. The molecule has 2 N–H and O–H groups in total. The number of tetrazole rings is 1. The molecule has 0 aliphatic rings. The van der Waals surface area contributed by atoms with Gasteiger partial charge >= 0.3 is 0 Å². The van der Waals surface area contributed by atoms with Gasteiger partial charge in [0.15, 0.2) is 5.82 Å². The summed E-state index contributed by atoms with van der Waals surface area (Å²) in [7, 11) is 0. The molecule has 0 radical (unpaired) electrons. The summed E-state index contributed by atoms with van der Waals surface area (Å²) in [4.78, 5) is 0. The van der Waals surface area contributed by atoms with Crippen molar-refractivity contribution in [1.29, 1.82) is 0 Å². The molecular formula is C13H8ClF2N5. The molecule has 0 saturated heterocycles.